The molecule has 1 heterocycles. The van der Waals surface area contributed by atoms with Crippen LogP contribution in [0.25, 0.3) is 5.57 Å². The zero-order valence-corrected chi connectivity index (χ0v) is 19.3. The van der Waals surface area contributed by atoms with E-state index in [0.29, 0.717) is 11.3 Å². The van der Waals surface area contributed by atoms with Crippen molar-refractivity contribution in [3.63, 3.8) is 0 Å². The summed E-state index contributed by atoms with van der Waals surface area (Å²) in [7, 11) is 1.67. The zero-order chi connectivity index (χ0) is 23.8. The summed E-state index contributed by atoms with van der Waals surface area (Å²) < 4.78 is 44.4. The summed E-state index contributed by atoms with van der Waals surface area (Å²) in [6.45, 7) is 4.74. The van der Waals surface area contributed by atoms with Gasteiger partial charge in [0.05, 0.1) is 16.5 Å². The minimum Gasteiger partial charge on any atom is -0.489 e. The highest BCUT2D eigenvalue weighted by Gasteiger charge is 2.34. The molecule has 1 amide bonds. The number of allylic oxidation sites excluding steroid dienone is 1. The van der Waals surface area contributed by atoms with Gasteiger partial charge in [0.25, 0.3) is 0 Å². The second kappa shape index (κ2) is 9.39. The highest BCUT2D eigenvalue weighted by atomic mass is 35.5. The highest BCUT2D eigenvalue weighted by Crippen LogP contribution is 2.36. The fraction of sp³-hybridized carbons (Fsp3) is 0.400. The van der Waals surface area contributed by atoms with E-state index >= 15 is 0 Å². The molecule has 0 saturated carbocycles. The zero-order valence-electron chi connectivity index (χ0n) is 18.6. The van der Waals surface area contributed by atoms with Gasteiger partial charge in [-0.2, -0.15) is 13.2 Å². The smallest absolute Gasteiger partial charge is 0.417 e. The lowest BCUT2D eigenvalue weighted by Crippen LogP contribution is -2.53. The van der Waals surface area contributed by atoms with Gasteiger partial charge in [0.2, 0.25) is 5.91 Å². The number of nitrogens with zero attached hydrogens (tertiary/aromatic N) is 1. The van der Waals surface area contributed by atoms with Gasteiger partial charge in [-0.25, -0.2) is 0 Å². The number of rotatable bonds is 6. The Morgan fingerprint density at radius 2 is 1.94 bits per heavy atom. The number of hydrogen-bond acceptors (Lipinski definition) is 3. The number of hydrogen-bond donors (Lipinski definition) is 1. The number of carbonyl (C=O) groups is 1. The fourth-order valence-electron chi connectivity index (χ4n) is 4.48. The lowest BCUT2D eigenvalue weighted by Gasteiger charge is -2.39. The molecule has 1 fully saturated rings. The molecule has 0 bridgehead atoms. The first kappa shape index (κ1) is 23.6. The topological polar surface area (TPSA) is 41.6 Å². The normalized spacial score (nSPS) is 16.9. The highest BCUT2D eigenvalue weighted by molar-refractivity contribution is 6.31. The number of nitrogens with one attached hydrogen (secondary N) is 1. The van der Waals surface area contributed by atoms with E-state index in [-0.39, 0.29) is 23.5 Å². The molecule has 1 aliphatic carbocycles. The summed E-state index contributed by atoms with van der Waals surface area (Å²) in [5, 5.41) is 2.38. The Morgan fingerprint density at radius 1 is 1.18 bits per heavy atom. The van der Waals surface area contributed by atoms with Crippen molar-refractivity contribution < 1.29 is 22.7 Å². The first-order valence-corrected chi connectivity index (χ1v) is 11.3. The van der Waals surface area contributed by atoms with Gasteiger partial charge < -0.3 is 10.1 Å². The van der Waals surface area contributed by atoms with Gasteiger partial charge in [0.1, 0.15) is 12.4 Å². The molecule has 1 aliphatic heterocycles. The third kappa shape index (κ3) is 5.20. The second-order valence-corrected chi connectivity index (χ2v) is 9.06. The van der Waals surface area contributed by atoms with Gasteiger partial charge in [-0.15, -0.1) is 0 Å². The molecular weight excluding hydrogens is 453 g/mol. The van der Waals surface area contributed by atoms with Crippen LogP contribution in [0.5, 0.6) is 5.75 Å². The SMILES string of the molecule is CNC(=O)C1CN(CC2=C(C)c3ccc(OCc4ccc(C(F)(F)F)c(Cl)c4)cc3CC2)C1. The minimum absolute atomic E-state index is 0.0889. The lowest BCUT2D eigenvalue weighted by atomic mass is 9.85. The van der Waals surface area contributed by atoms with Crippen LogP contribution < -0.4 is 10.1 Å². The summed E-state index contributed by atoms with van der Waals surface area (Å²) in [5.41, 5.74) is 4.79. The monoisotopic (exact) mass is 478 g/mol. The lowest BCUT2D eigenvalue weighted by molar-refractivity contribution is -0.137. The van der Waals surface area contributed by atoms with Crippen molar-refractivity contribution >= 4 is 23.1 Å². The number of ether oxygens (including phenoxy) is 1. The third-order valence-corrected chi connectivity index (χ3v) is 6.75. The van der Waals surface area contributed by atoms with Crippen molar-refractivity contribution in [2.24, 2.45) is 5.92 Å². The summed E-state index contributed by atoms with van der Waals surface area (Å²) >= 11 is 5.80. The number of amides is 1. The van der Waals surface area contributed by atoms with Crippen molar-refractivity contribution in [1.82, 2.24) is 10.2 Å². The van der Waals surface area contributed by atoms with E-state index in [2.05, 4.69) is 17.1 Å². The quantitative estimate of drug-likeness (QED) is 0.609. The van der Waals surface area contributed by atoms with Gasteiger partial charge in [-0.3, -0.25) is 9.69 Å². The number of fused-ring (bicyclic) bond motifs is 1. The average Bonchev–Trinajstić information content (AvgIpc) is 2.74. The Kier molecular flexibility index (Phi) is 6.73. The molecule has 2 aromatic rings. The molecule has 4 rings (SSSR count). The average molecular weight is 479 g/mol. The van der Waals surface area contributed by atoms with E-state index in [0.717, 1.165) is 38.5 Å². The Hall–Kier alpha value is -2.51. The Morgan fingerprint density at radius 3 is 2.61 bits per heavy atom. The number of halogens is 4. The van der Waals surface area contributed by atoms with Crippen LogP contribution in [0.1, 0.15) is 35.6 Å². The van der Waals surface area contributed by atoms with Crippen molar-refractivity contribution in [2.45, 2.75) is 32.5 Å². The van der Waals surface area contributed by atoms with Crippen molar-refractivity contribution in [2.75, 3.05) is 26.7 Å². The molecule has 4 nitrogen and oxygen atoms in total. The van der Waals surface area contributed by atoms with Crippen LogP contribution in [0.3, 0.4) is 0 Å². The molecule has 0 spiro atoms. The summed E-state index contributed by atoms with van der Waals surface area (Å²) in [4.78, 5) is 14.0. The molecular formula is C25H26ClF3N2O2. The van der Waals surface area contributed by atoms with Crippen molar-refractivity contribution in [3.05, 3.63) is 69.2 Å². The van der Waals surface area contributed by atoms with Crippen LogP contribution in [-0.2, 0) is 24.0 Å². The van der Waals surface area contributed by atoms with E-state index in [9.17, 15) is 18.0 Å². The molecule has 2 aliphatic rings. The summed E-state index contributed by atoms with van der Waals surface area (Å²) in [5.74, 6) is 0.875. The van der Waals surface area contributed by atoms with Crippen LogP contribution in [0.4, 0.5) is 13.2 Å². The molecule has 1 N–H and O–H groups in total. The van der Waals surface area contributed by atoms with E-state index in [1.807, 2.05) is 18.2 Å². The van der Waals surface area contributed by atoms with Crippen LogP contribution in [-0.4, -0.2) is 37.5 Å². The predicted octanol–water partition coefficient (Wildman–Crippen LogP) is 5.34. The molecule has 0 aromatic heterocycles. The number of benzene rings is 2. The molecule has 1 saturated heterocycles. The fourth-order valence-corrected chi connectivity index (χ4v) is 4.79. The molecule has 0 radical (unpaired) electrons. The number of carbonyl (C=O) groups excluding carboxylic acids is 1. The Bertz CT molecular complexity index is 1090. The number of aryl methyl sites for hydroxylation is 1. The maximum absolute atomic E-state index is 12.9. The molecule has 8 heteroatoms. The molecule has 0 unspecified atom stereocenters. The van der Waals surface area contributed by atoms with Crippen LogP contribution >= 0.6 is 11.6 Å². The number of likely N-dealkylation sites (tertiary alicyclic amines) is 1. The number of alkyl halides is 3. The van der Waals surface area contributed by atoms with E-state index in [4.69, 9.17) is 16.3 Å². The van der Waals surface area contributed by atoms with Gasteiger partial charge in [-0.05, 0) is 66.3 Å². The van der Waals surface area contributed by atoms with E-state index < -0.39 is 11.7 Å². The van der Waals surface area contributed by atoms with Gasteiger partial charge in [-0.1, -0.05) is 29.3 Å². The maximum atomic E-state index is 12.9. The maximum Gasteiger partial charge on any atom is 0.417 e. The predicted molar refractivity (Wildman–Crippen MR) is 122 cm³/mol. The van der Waals surface area contributed by atoms with Crippen LogP contribution in [0.2, 0.25) is 5.02 Å². The van der Waals surface area contributed by atoms with Crippen molar-refractivity contribution in [1.29, 1.82) is 0 Å². The minimum atomic E-state index is -4.47. The molecule has 0 atom stereocenters. The standard InChI is InChI=1S/C25H26ClF3N2O2/c1-15-18(11-31-12-19(13-31)24(32)30-2)5-4-17-10-20(6-7-21(15)17)33-14-16-3-8-22(23(26)9-16)25(27,28)29/h3,6-10,19H,4-5,11-14H2,1-2H3,(H,30,32). The molecule has 33 heavy (non-hydrogen) atoms. The summed E-state index contributed by atoms with van der Waals surface area (Å²) in [6.07, 6.45) is -2.61. The molecule has 176 valence electrons. The molecule has 2 aromatic carbocycles. The largest absolute Gasteiger partial charge is 0.489 e. The first-order valence-electron chi connectivity index (χ1n) is 10.9. The third-order valence-electron chi connectivity index (χ3n) is 6.44. The van der Waals surface area contributed by atoms with E-state index in [1.165, 1.54) is 34.4 Å². The second-order valence-electron chi connectivity index (χ2n) is 8.65. The van der Waals surface area contributed by atoms with Gasteiger partial charge in [0.15, 0.2) is 0 Å². The Balaban J connectivity index is 1.39. The van der Waals surface area contributed by atoms with Crippen LogP contribution in [0.15, 0.2) is 42.0 Å². The first-order chi connectivity index (χ1) is 15.7. The van der Waals surface area contributed by atoms with Gasteiger partial charge >= 0.3 is 6.18 Å². The Labute approximate surface area is 196 Å². The summed E-state index contributed by atoms with van der Waals surface area (Å²) in [6, 6.07) is 9.61. The van der Waals surface area contributed by atoms with E-state index in [1.54, 1.807) is 7.05 Å². The van der Waals surface area contributed by atoms with Gasteiger partial charge in [0, 0.05) is 26.7 Å². The van der Waals surface area contributed by atoms with Crippen molar-refractivity contribution in [3.8, 4) is 5.75 Å². The van der Waals surface area contributed by atoms with Crippen LogP contribution in [0, 0.1) is 5.92 Å².